The van der Waals surface area contributed by atoms with E-state index in [0.29, 0.717) is 16.9 Å². The van der Waals surface area contributed by atoms with Gasteiger partial charge < -0.3 is 20.5 Å². The third kappa shape index (κ3) is 5.29. The Bertz CT molecular complexity index is 734. The van der Waals surface area contributed by atoms with Crippen LogP contribution in [0.2, 0.25) is 0 Å². The summed E-state index contributed by atoms with van der Waals surface area (Å²) in [6, 6.07) is 11.0. The van der Waals surface area contributed by atoms with Crippen molar-refractivity contribution in [1.29, 1.82) is 0 Å². The Hall–Kier alpha value is -2.93. The molecule has 0 aromatic heterocycles. The van der Waals surface area contributed by atoms with Gasteiger partial charge >= 0.3 is 0 Å². The molecular formula is C18H19FN2O4. The van der Waals surface area contributed by atoms with Crippen molar-refractivity contribution in [1.82, 2.24) is 10.6 Å². The summed E-state index contributed by atoms with van der Waals surface area (Å²) in [5.41, 5.74) is 1.01. The fourth-order valence-electron chi connectivity index (χ4n) is 2.11. The van der Waals surface area contributed by atoms with Gasteiger partial charge in [-0.05, 0) is 35.9 Å². The molecule has 6 nitrogen and oxygen atoms in total. The van der Waals surface area contributed by atoms with Crippen molar-refractivity contribution in [2.45, 2.75) is 12.6 Å². The van der Waals surface area contributed by atoms with Crippen LogP contribution in [0.25, 0.3) is 0 Å². The number of hydrogen-bond acceptors (Lipinski definition) is 4. The highest BCUT2D eigenvalue weighted by Gasteiger charge is 2.20. The first kappa shape index (κ1) is 18.4. The zero-order valence-electron chi connectivity index (χ0n) is 13.7. The van der Waals surface area contributed by atoms with Crippen LogP contribution in [0.15, 0.2) is 48.5 Å². The van der Waals surface area contributed by atoms with Crippen molar-refractivity contribution < 1.29 is 23.8 Å². The number of methoxy groups -OCH3 is 1. The second-order valence-corrected chi connectivity index (χ2v) is 5.28. The number of ether oxygens (including phenoxy) is 1. The maximum absolute atomic E-state index is 12.9. The van der Waals surface area contributed by atoms with E-state index in [1.165, 1.54) is 25.3 Å². The molecule has 0 aliphatic rings. The second kappa shape index (κ2) is 8.79. The van der Waals surface area contributed by atoms with Crippen LogP contribution >= 0.6 is 0 Å². The topological polar surface area (TPSA) is 87.7 Å². The third-order valence-electron chi connectivity index (χ3n) is 3.52. The van der Waals surface area contributed by atoms with E-state index in [-0.39, 0.29) is 12.4 Å². The fourth-order valence-corrected chi connectivity index (χ4v) is 2.11. The van der Waals surface area contributed by atoms with Gasteiger partial charge in [0.2, 0.25) is 5.91 Å². The number of carbonyl (C=O) groups is 2. The molecule has 1 unspecified atom stereocenters. The molecule has 2 aromatic rings. The fraction of sp³-hybridized carbons (Fsp3) is 0.222. The maximum Gasteiger partial charge on any atom is 0.252 e. The quantitative estimate of drug-likeness (QED) is 0.704. The average Bonchev–Trinajstić information content (AvgIpc) is 2.65. The predicted octanol–water partition coefficient (Wildman–Crippen LogP) is 1.24. The summed E-state index contributed by atoms with van der Waals surface area (Å²) in [6.07, 6.45) is 0. The Morgan fingerprint density at radius 3 is 2.56 bits per heavy atom. The number of nitrogens with one attached hydrogen (secondary N) is 2. The van der Waals surface area contributed by atoms with Gasteiger partial charge in [-0.15, -0.1) is 0 Å². The lowest BCUT2D eigenvalue weighted by Gasteiger charge is -2.16. The molecule has 0 aliphatic carbocycles. The first-order valence-corrected chi connectivity index (χ1v) is 7.61. The van der Waals surface area contributed by atoms with Gasteiger partial charge in [0.05, 0.1) is 13.7 Å². The SMILES string of the molecule is COc1cccc(C(=O)NC(CO)C(=O)NCc2ccc(F)cc2)c1. The molecule has 7 heteroatoms. The molecular weight excluding hydrogens is 327 g/mol. The Kier molecular flexibility index (Phi) is 6.47. The van der Waals surface area contributed by atoms with Crippen molar-refractivity contribution in [3.8, 4) is 5.75 Å². The number of rotatable bonds is 7. The Balaban J connectivity index is 1.94. The molecule has 0 radical (unpaired) electrons. The van der Waals surface area contributed by atoms with Gasteiger partial charge in [0.1, 0.15) is 17.6 Å². The highest BCUT2D eigenvalue weighted by atomic mass is 19.1. The van der Waals surface area contributed by atoms with Crippen molar-refractivity contribution in [2.75, 3.05) is 13.7 Å². The molecule has 25 heavy (non-hydrogen) atoms. The van der Waals surface area contributed by atoms with E-state index in [4.69, 9.17) is 4.74 Å². The lowest BCUT2D eigenvalue weighted by Crippen LogP contribution is -2.48. The normalized spacial score (nSPS) is 11.5. The molecule has 0 heterocycles. The molecule has 0 fully saturated rings. The van der Waals surface area contributed by atoms with Gasteiger partial charge in [0, 0.05) is 12.1 Å². The maximum atomic E-state index is 12.9. The number of benzene rings is 2. The molecule has 132 valence electrons. The van der Waals surface area contributed by atoms with Crippen molar-refractivity contribution in [3.05, 3.63) is 65.5 Å². The Morgan fingerprint density at radius 2 is 1.92 bits per heavy atom. The van der Waals surface area contributed by atoms with Gasteiger partial charge in [-0.3, -0.25) is 9.59 Å². The molecule has 3 N–H and O–H groups in total. The largest absolute Gasteiger partial charge is 0.497 e. The van der Waals surface area contributed by atoms with Gasteiger partial charge in [-0.1, -0.05) is 18.2 Å². The summed E-state index contributed by atoms with van der Waals surface area (Å²) in [7, 11) is 1.48. The van der Waals surface area contributed by atoms with Crippen molar-refractivity contribution in [2.24, 2.45) is 0 Å². The van der Waals surface area contributed by atoms with Gasteiger partial charge in [0.25, 0.3) is 5.91 Å². The first-order chi connectivity index (χ1) is 12.0. The van der Waals surface area contributed by atoms with Crippen LogP contribution in [0, 0.1) is 5.82 Å². The molecule has 2 rings (SSSR count). The van der Waals surface area contributed by atoms with E-state index in [0.717, 1.165) is 0 Å². The van der Waals surface area contributed by atoms with Crippen LogP contribution in [-0.4, -0.2) is 36.7 Å². The standard InChI is InChI=1S/C18H19FN2O4/c1-25-15-4-2-3-13(9-15)17(23)21-16(11-22)18(24)20-10-12-5-7-14(19)8-6-12/h2-9,16,22H,10-11H2,1H3,(H,20,24)(H,21,23). The molecule has 2 amide bonds. The Morgan fingerprint density at radius 1 is 1.20 bits per heavy atom. The van der Waals surface area contributed by atoms with E-state index in [1.807, 2.05) is 0 Å². The highest BCUT2D eigenvalue weighted by Crippen LogP contribution is 2.12. The zero-order valence-corrected chi connectivity index (χ0v) is 13.7. The first-order valence-electron chi connectivity index (χ1n) is 7.61. The monoisotopic (exact) mass is 346 g/mol. The second-order valence-electron chi connectivity index (χ2n) is 5.28. The lowest BCUT2D eigenvalue weighted by atomic mass is 10.1. The lowest BCUT2D eigenvalue weighted by molar-refractivity contribution is -0.124. The van der Waals surface area contributed by atoms with E-state index in [9.17, 15) is 19.1 Å². The number of hydrogen-bond donors (Lipinski definition) is 3. The highest BCUT2D eigenvalue weighted by molar-refractivity contribution is 5.97. The summed E-state index contributed by atoms with van der Waals surface area (Å²) in [5.74, 6) is -0.902. The van der Waals surface area contributed by atoms with Gasteiger partial charge in [-0.25, -0.2) is 4.39 Å². The molecule has 0 saturated carbocycles. The minimum Gasteiger partial charge on any atom is -0.497 e. The molecule has 0 aliphatic heterocycles. The molecule has 0 spiro atoms. The number of aliphatic hydroxyl groups is 1. The van der Waals surface area contributed by atoms with Crippen molar-refractivity contribution in [3.63, 3.8) is 0 Å². The minimum absolute atomic E-state index is 0.157. The van der Waals surface area contributed by atoms with Crippen LogP contribution in [0.4, 0.5) is 4.39 Å². The van der Waals surface area contributed by atoms with E-state index in [1.54, 1.807) is 30.3 Å². The van der Waals surface area contributed by atoms with Crippen LogP contribution in [0.1, 0.15) is 15.9 Å². The molecule has 1 atom stereocenters. The van der Waals surface area contributed by atoms with E-state index >= 15 is 0 Å². The van der Waals surface area contributed by atoms with Gasteiger partial charge in [-0.2, -0.15) is 0 Å². The number of carbonyl (C=O) groups excluding carboxylic acids is 2. The van der Waals surface area contributed by atoms with Crippen LogP contribution in [0.3, 0.4) is 0 Å². The summed E-state index contributed by atoms with van der Waals surface area (Å²) in [6.45, 7) is -0.393. The number of halogens is 1. The number of amides is 2. The van der Waals surface area contributed by atoms with Gasteiger partial charge in [0.15, 0.2) is 0 Å². The van der Waals surface area contributed by atoms with Crippen LogP contribution in [-0.2, 0) is 11.3 Å². The predicted molar refractivity (Wildman–Crippen MR) is 89.6 cm³/mol. The summed E-state index contributed by atoms with van der Waals surface area (Å²) < 4.78 is 17.9. The molecule has 2 aromatic carbocycles. The van der Waals surface area contributed by atoms with E-state index < -0.39 is 24.5 Å². The van der Waals surface area contributed by atoms with E-state index in [2.05, 4.69) is 10.6 Å². The average molecular weight is 346 g/mol. The number of aliphatic hydroxyl groups excluding tert-OH is 1. The minimum atomic E-state index is -1.10. The van der Waals surface area contributed by atoms with Crippen LogP contribution in [0.5, 0.6) is 5.75 Å². The zero-order chi connectivity index (χ0) is 18.2. The third-order valence-corrected chi connectivity index (χ3v) is 3.52. The summed E-state index contributed by atoms with van der Waals surface area (Å²) >= 11 is 0. The molecule has 0 saturated heterocycles. The molecule has 0 bridgehead atoms. The van der Waals surface area contributed by atoms with Crippen molar-refractivity contribution >= 4 is 11.8 Å². The van der Waals surface area contributed by atoms with Crippen LogP contribution < -0.4 is 15.4 Å². The smallest absolute Gasteiger partial charge is 0.252 e. The summed E-state index contributed by atoms with van der Waals surface area (Å²) in [5, 5.41) is 14.4. The summed E-state index contributed by atoms with van der Waals surface area (Å²) in [4.78, 5) is 24.3. The Labute approximate surface area is 144 Å².